The molecule has 108 valence electrons. The van der Waals surface area contributed by atoms with E-state index in [1.54, 1.807) is 0 Å². The van der Waals surface area contributed by atoms with E-state index in [1.807, 2.05) is 44.2 Å². The molecule has 2 heterocycles. The molecule has 0 spiro atoms. The number of aryl methyl sites for hydroxylation is 2. The highest BCUT2D eigenvalue weighted by Gasteiger charge is 2.12. The van der Waals surface area contributed by atoms with Gasteiger partial charge in [0.05, 0.1) is 24.4 Å². The molecule has 5 heteroatoms. The third-order valence-electron chi connectivity index (χ3n) is 3.47. The zero-order valence-corrected chi connectivity index (χ0v) is 12.7. The van der Waals surface area contributed by atoms with Crippen LogP contribution in [0.2, 0.25) is 0 Å². The molecule has 3 rings (SSSR count). The number of benzene rings is 1. The Hall–Kier alpha value is -1.98. The molecule has 0 saturated heterocycles. The summed E-state index contributed by atoms with van der Waals surface area (Å²) >= 11 is 1.50. The molecule has 0 fully saturated rings. The normalized spacial score (nSPS) is 12.7. The summed E-state index contributed by atoms with van der Waals surface area (Å²) in [6.07, 6.45) is 0.792. The molecule has 3 aromatic rings. The fourth-order valence-corrected chi connectivity index (χ4v) is 3.13. The van der Waals surface area contributed by atoms with Crippen molar-refractivity contribution in [2.45, 2.75) is 26.5 Å². The number of fused-ring (bicyclic) bond motifs is 1. The Morgan fingerprint density at radius 1 is 1.29 bits per heavy atom. The van der Waals surface area contributed by atoms with E-state index >= 15 is 0 Å². The number of hydrogen-bond donors (Lipinski definition) is 1. The maximum absolute atomic E-state index is 12.4. The summed E-state index contributed by atoms with van der Waals surface area (Å²) in [7, 11) is 0. The van der Waals surface area contributed by atoms with Crippen LogP contribution in [0.25, 0.3) is 10.2 Å². The number of aromatic nitrogens is 2. The zero-order chi connectivity index (χ0) is 15.0. The Balaban J connectivity index is 1.92. The predicted octanol–water partition coefficient (Wildman–Crippen LogP) is 2.81. The lowest BCUT2D eigenvalue weighted by atomic mass is 10.1. The average Bonchev–Trinajstić information content (AvgIpc) is 2.84. The van der Waals surface area contributed by atoms with Gasteiger partial charge < -0.3 is 5.11 Å². The highest BCUT2D eigenvalue weighted by atomic mass is 32.1. The molecule has 1 N–H and O–H groups in total. The number of aliphatic hydroxyl groups is 1. The molecule has 21 heavy (non-hydrogen) atoms. The maximum atomic E-state index is 12.4. The lowest BCUT2D eigenvalue weighted by Crippen LogP contribution is -2.23. The van der Waals surface area contributed by atoms with Crippen LogP contribution < -0.4 is 5.56 Å². The van der Waals surface area contributed by atoms with Gasteiger partial charge in [0.15, 0.2) is 0 Å². The zero-order valence-electron chi connectivity index (χ0n) is 11.9. The monoisotopic (exact) mass is 300 g/mol. The first kappa shape index (κ1) is 14.0. The fraction of sp³-hybridized carbons (Fsp3) is 0.250. The molecule has 4 nitrogen and oxygen atoms in total. The first-order valence-corrected chi connectivity index (χ1v) is 7.56. The molecule has 1 atom stereocenters. The second-order valence-electron chi connectivity index (χ2n) is 5.20. The van der Waals surface area contributed by atoms with E-state index in [4.69, 9.17) is 0 Å². The molecule has 2 aromatic heterocycles. The van der Waals surface area contributed by atoms with E-state index in [-0.39, 0.29) is 12.1 Å². The van der Waals surface area contributed by atoms with Crippen molar-refractivity contribution in [3.05, 3.63) is 63.0 Å². The van der Waals surface area contributed by atoms with E-state index in [0.717, 1.165) is 20.8 Å². The van der Waals surface area contributed by atoms with Crippen LogP contribution in [-0.2, 0) is 6.54 Å². The van der Waals surface area contributed by atoms with Gasteiger partial charge in [0.25, 0.3) is 5.56 Å². The second kappa shape index (κ2) is 5.42. The lowest BCUT2D eigenvalue weighted by molar-refractivity contribution is 0.155. The van der Waals surface area contributed by atoms with E-state index in [9.17, 15) is 9.90 Å². The van der Waals surface area contributed by atoms with E-state index in [0.29, 0.717) is 5.39 Å². The summed E-state index contributed by atoms with van der Waals surface area (Å²) in [5.74, 6) is 0. The largest absolute Gasteiger partial charge is 0.387 e. The highest BCUT2D eigenvalue weighted by Crippen LogP contribution is 2.20. The van der Waals surface area contributed by atoms with Crippen molar-refractivity contribution in [2.75, 3.05) is 0 Å². The van der Waals surface area contributed by atoms with Crippen molar-refractivity contribution in [3.63, 3.8) is 0 Å². The van der Waals surface area contributed by atoms with E-state index in [2.05, 4.69) is 4.98 Å². The third-order valence-corrected chi connectivity index (χ3v) is 4.43. The van der Waals surface area contributed by atoms with Crippen LogP contribution in [0.5, 0.6) is 0 Å². The highest BCUT2D eigenvalue weighted by molar-refractivity contribution is 7.18. The molecular formula is C16H16N2O2S. The Kier molecular flexibility index (Phi) is 3.61. The van der Waals surface area contributed by atoms with Crippen molar-refractivity contribution in [2.24, 2.45) is 0 Å². The van der Waals surface area contributed by atoms with Crippen LogP contribution in [0.4, 0.5) is 0 Å². The average molecular weight is 300 g/mol. The molecule has 0 bridgehead atoms. The summed E-state index contributed by atoms with van der Waals surface area (Å²) in [5.41, 5.74) is 1.84. The number of aliphatic hydroxyl groups excluding tert-OH is 1. The van der Waals surface area contributed by atoms with Gasteiger partial charge in [0.1, 0.15) is 4.83 Å². The minimum absolute atomic E-state index is 0.101. The van der Waals surface area contributed by atoms with Crippen LogP contribution in [0.1, 0.15) is 22.1 Å². The van der Waals surface area contributed by atoms with Crippen LogP contribution in [0.3, 0.4) is 0 Å². The van der Waals surface area contributed by atoms with Crippen molar-refractivity contribution in [3.8, 4) is 0 Å². The van der Waals surface area contributed by atoms with Crippen molar-refractivity contribution >= 4 is 21.6 Å². The fourth-order valence-electron chi connectivity index (χ4n) is 2.29. The minimum atomic E-state index is -0.720. The molecular weight excluding hydrogens is 284 g/mol. The van der Waals surface area contributed by atoms with Crippen molar-refractivity contribution < 1.29 is 5.11 Å². The number of rotatable bonds is 3. The van der Waals surface area contributed by atoms with Gasteiger partial charge in [-0.2, -0.15) is 0 Å². The van der Waals surface area contributed by atoms with Crippen LogP contribution >= 0.6 is 11.3 Å². The summed E-state index contributed by atoms with van der Waals surface area (Å²) in [5, 5.41) is 10.9. The minimum Gasteiger partial charge on any atom is -0.387 e. The van der Waals surface area contributed by atoms with Gasteiger partial charge >= 0.3 is 0 Å². The van der Waals surface area contributed by atoms with Crippen LogP contribution in [0, 0.1) is 13.8 Å². The Bertz CT molecular complexity index is 834. The van der Waals surface area contributed by atoms with Gasteiger partial charge in [-0.25, -0.2) is 4.98 Å². The Labute approximate surface area is 126 Å². The molecule has 0 aliphatic carbocycles. The topological polar surface area (TPSA) is 55.1 Å². The van der Waals surface area contributed by atoms with Gasteiger partial charge in [-0.3, -0.25) is 9.36 Å². The maximum Gasteiger partial charge on any atom is 0.262 e. The van der Waals surface area contributed by atoms with Gasteiger partial charge in [0, 0.05) is 4.88 Å². The standard InChI is InChI=1S/C16H16N2O2S/c1-10-3-5-12(6-4-10)14(19)8-18-9-17-15-13(16(18)20)7-11(2)21-15/h3-7,9,14,19H,8H2,1-2H3. The van der Waals surface area contributed by atoms with Gasteiger partial charge in [-0.05, 0) is 25.5 Å². The Morgan fingerprint density at radius 3 is 2.71 bits per heavy atom. The third kappa shape index (κ3) is 2.75. The molecule has 0 amide bonds. The van der Waals surface area contributed by atoms with Gasteiger partial charge in [0.2, 0.25) is 0 Å². The number of thiophene rings is 1. The van der Waals surface area contributed by atoms with Crippen molar-refractivity contribution in [1.82, 2.24) is 9.55 Å². The number of nitrogens with zero attached hydrogens (tertiary/aromatic N) is 2. The molecule has 0 saturated carbocycles. The molecule has 0 aliphatic heterocycles. The summed E-state index contributed by atoms with van der Waals surface area (Å²) in [6.45, 7) is 4.16. The first-order chi connectivity index (χ1) is 10.0. The molecule has 1 unspecified atom stereocenters. The van der Waals surface area contributed by atoms with Gasteiger partial charge in [-0.1, -0.05) is 29.8 Å². The van der Waals surface area contributed by atoms with Crippen LogP contribution in [0.15, 0.2) is 41.5 Å². The summed E-state index contributed by atoms with van der Waals surface area (Å²) < 4.78 is 1.47. The number of hydrogen-bond acceptors (Lipinski definition) is 4. The van der Waals surface area contributed by atoms with Crippen molar-refractivity contribution in [1.29, 1.82) is 0 Å². The summed E-state index contributed by atoms with van der Waals surface area (Å²) in [6, 6.07) is 9.51. The molecule has 0 aliphatic rings. The quantitative estimate of drug-likeness (QED) is 0.809. The molecule has 1 aromatic carbocycles. The second-order valence-corrected chi connectivity index (χ2v) is 6.44. The van der Waals surface area contributed by atoms with E-state index in [1.165, 1.54) is 22.2 Å². The SMILES string of the molecule is Cc1ccc(C(O)Cn2cnc3sc(C)cc3c2=O)cc1. The molecule has 0 radical (unpaired) electrons. The van der Waals surface area contributed by atoms with Crippen LogP contribution in [-0.4, -0.2) is 14.7 Å². The van der Waals surface area contributed by atoms with E-state index < -0.39 is 6.10 Å². The Morgan fingerprint density at radius 2 is 2.00 bits per heavy atom. The summed E-state index contributed by atoms with van der Waals surface area (Å²) in [4.78, 5) is 18.5. The lowest BCUT2D eigenvalue weighted by Gasteiger charge is -2.13. The first-order valence-electron chi connectivity index (χ1n) is 6.75. The predicted molar refractivity (Wildman–Crippen MR) is 84.8 cm³/mol. The smallest absolute Gasteiger partial charge is 0.262 e. The van der Waals surface area contributed by atoms with Gasteiger partial charge in [-0.15, -0.1) is 11.3 Å².